The number of thiophene rings is 1. The monoisotopic (exact) mass is 693 g/mol. The van der Waals surface area contributed by atoms with E-state index in [9.17, 15) is 0 Å². The first kappa shape index (κ1) is 31.0. The highest BCUT2D eigenvalue weighted by atomic mass is 32.1. The van der Waals surface area contributed by atoms with Crippen molar-refractivity contribution in [3.63, 3.8) is 0 Å². The van der Waals surface area contributed by atoms with Gasteiger partial charge in [0.15, 0.2) is 17.5 Å². The van der Waals surface area contributed by atoms with Crippen LogP contribution in [0.15, 0.2) is 188 Å². The Balaban J connectivity index is 1.09. The van der Waals surface area contributed by atoms with Crippen LogP contribution in [0.2, 0.25) is 0 Å². The highest BCUT2D eigenvalue weighted by Crippen LogP contribution is 2.42. The Hall–Kier alpha value is -6.75. The van der Waals surface area contributed by atoms with Crippen LogP contribution < -0.4 is 0 Å². The number of hydrogen-bond acceptors (Lipinski definition) is 4. The third-order valence-electron chi connectivity index (χ3n) is 9.97. The van der Waals surface area contributed by atoms with Gasteiger partial charge >= 0.3 is 0 Å². The number of benzene rings is 8. The quantitative estimate of drug-likeness (QED) is 0.174. The molecule has 0 spiro atoms. The molecule has 0 amide bonds. The lowest BCUT2D eigenvalue weighted by molar-refractivity contribution is 1.08. The SMILES string of the molecule is c1ccc(-c2ccc(-c3nc(-c4ccc5c(c4)sc4cccc(-c6ccc(-c7ccccc7)cc6)c45)nc(-c4cccc5ccccc45)n3)cc2)cc1. The predicted octanol–water partition coefficient (Wildman–Crippen LogP) is 13.4. The Bertz CT molecular complexity index is 2910. The average molecular weight is 694 g/mol. The molecule has 0 N–H and O–H groups in total. The van der Waals surface area contributed by atoms with Gasteiger partial charge in [-0.3, -0.25) is 0 Å². The van der Waals surface area contributed by atoms with Crippen LogP contribution in [0.25, 0.3) is 98.5 Å². The molecule has 10 aromatic rings. The van der Waals surface area contributed by atoms with Gasteiger partial charge in [-0.15, -0.1) is 11.3 Å². The molecule has 3 nitrogen and oxygen atoms in total. The third kappa shape index (κ3) is 5.76. The van der Waals surface area contributed by atoms with Gasteiger partial charge in [-0.05, 0) is 56.3 Å². The van der Waals surface area contributed by atoms with Gasteiger partial charge < -0.3 is 0 Å². The first-order valence-electron chi connectivity index (χ1n) is 17.8. The zero-order chi connectivity index (χ0) is 35.1. The molecule has 0 saturated heterocycles. The Morgan fingerprint density at radius 1 is 0.302 bits per heavy atom. The maximum absolute atomic E-state index is 5.16. The van der Waals surface area contributed by atoms with Crippen LogP contribution in [0.1, 0.15) is 0 Å². The molecule has 0 fully saturated rings. The van der Waals surface area contributed by atoms with Crippen molar-refractivity contribution in [2.45, 2.75) is 0 Å². The summed E-state index contributed by atoms with van der Waals surface area (Å²) in [5.41, 5.74) is 10.1. The minimum Gasteiger partial charge on any atom is -0.208 e. The zero-order valence-corrected chi connectivity index (χ0v) is 29.5. The van der Waals surface area contributed by atoms with Crippen molar-refractivity contribution in [1.29, 1.82) is 0 Å². The first-order valence-corrected chi connectivity index (χ1v) is 18.6. The second-order valence-electron chi connectivity index (χ2n) is 13.2. The molecule has 8 aromatic carbocycles. The Labute approximate surface area is 311 Å². The molecule has 2 heterocycles. The van der Waals surface area contributed by atoms with Crippen molar-refractivity contribution >= 4 is 42.3 Å². The molecular weight excluding hydrogens is 663 g/mol. The summed E-state index contributed by atoms with van der Waals surface area (Å²) in [6.07, 6.45) is 0. The van der Waals surface area contributed by atoms with Crippen LogP contribution in [-0.2, 0) is 0 Å². The third-order valence-corrected chi connectivity index (χ3v) is 11.1. The molecule has 0 unspecified atom stereocenters. The molecule has 0 aliphatic heterocycles. The second kappa shape index (κ2) is 13.1. The molecule has 2 aromatic heterocycles. The lowest BCUT2D eigenvalue weighted by Crippen LogP contribution is -2.00. The predicted molar refractivity (Wildman–Crippen MR) is 223 cm³/mol. The largest absolute Gasteiger partial charge is 0.208 e. The van der Waals surface area contributed by atoms with Crippen LogP contribution in [0, 0.1) is 0 Å². The Morgan fingerprint density at radius 2 is 0.811 bits per heavy atom. The lowest BCUT2D eigenvalue weighted by Gasteiger charge is -2.11. The van der Waals surface area contributed by atoms with Gasteiger partial charge in [-0.1, -0.05) is 176 Å². The van der Waals surface area contributed by atoms with Gasteiger partial charge in [0, 0.05) is 36.9 Å². The van der Waals surface area contributed by atoms with Crippen LogP contribution in [-0.4, -0.2) is 15.0 Å². The van der Waals surface area contributed by atoms with E-state index in [1.165, 1.54) is 48.0 Å². The van der Waals surface area contributed by atoms with Crippen molar-refractivity contribution in [3.05, 3.63) is 188 Å². The maximum atomic E-state index is 5.16. The molecule has 0 atom stereocenters. The smallest absolute Gasteiger partial charge is 0.164 e. The number of rotatable bonds is 6. The summed E-state index contributed by atoms with van der Waals surface area (Å²) >= 11 is 1.81. The minimum atomic E-state index is 0.648. The molecule has 0 saturated carbocycles. The average Bonchev–Trinajstić information content (AvgIpc) is 3.62. The molecule has 0 aliphatic carbocycles. The first-order chi connectivity index (χ1) is 26.2. The summed E-state index contributed by atoms with van der Waals surface area (Å²) < 4.78 is 2.46. The second-order valence-corrected chi connectivity index (χ2v) is 14.3. The molecule has 248 valence electrons. The number of nitrogens with zero attached hydrogens (tertiary/aromatic N) is 3. The maximum Gasteiger partial charge on any atom is 0.164 e. The molecule has 0 bridgehead atoms. The standard InChI is InChI=1S/C49H31N3S/c1-3-11-32(12-4-1)34-21-25-37(26-22-34)41-18-10-20-44-46(41)43-30-29-39(31-45(43)53-44)48-50-47(38-27-23-35(24-28-38)33-13-5-2-6-14-33)51-49(52-48)42-19-9-16-36-15-7-8-17-40(36)42/h1-31H. The summed E-state index contributed by atoms with van der Waals surface area (Å²) in [6.45, 7) is 0. The van der Waals surface area contributed by atoms with E-state index in [0.717, 1.165) is 33.0 Å². The summed E-state index contributed by atoms with van der Waals surface area (Å²) in [5.74, 6) is 1.96. The molecule has 10 rings (SSSR count). The fourth-order valence-electron chi connectivity index (χ4n) is 7.30. The lowest BCUT2D eigenvalue weighted by atomic mass is 9.97. The number of aromatic nitrogens is 3. The fourth-order valence-corrected chi connectivity index (χ4v) is 8.47. The normalized spacial score (nSPS) is 11.4. The Kier molecular flexibility index (Phi) is 7.67. The van der Waals surface area contributed by atoms with Gasteiger partial charge in [-0.2, -0.15) is 0 Å². The van der Waals surface area contributed by atoms with E-state index in [0.29, 0.717) is 17.5 Å². The molecule has 0 radical (unpaired) electrons. The van der Waals surface area contributed by atoms with Crippen LogP contribution >= 0.6 is 11.3 Å². The van der Waals surface area contributed by atoms with Gasteiger partial charge in [0.25, 0.3) is 0 Å². The highest BCUT2D eigenvalue weighted by molar-refractivity contribution is 7.26. The van der Waals surface area contributed by atoms with Gasteiger partial charge in [0.1, 0.15) is 0 Å². The topological polar surface area (TPSA) is 38.7 Å². The van der Waals surface area contributed by atoms with Gasteiger partial charge in [0.2, 0.25) is 0 Å². The minimum absolute atomic E-state index is 0.648. The molecule has 4 heteroatoms. The van der Waals surface area contributed by atoms with E-state index >= 15 is 0 Å². The summed E-state index contributed by atoms with van der Waals surface area (Å²) in [7, 11) is 0. The summed E-state index contributed by atoms with van der Waals surface area (Å²) in [4.78, 5) is 15.4. The van der Waals surface area contributed by atoms with E-state index in [-0.39, 0.29) is 0 Å². The van der Waals surface area contributed by atoms with Crippen molar-refractivity contribution < 1.29 is 0 Å². The van der Waals surface area contributed by atoms with Crippen molar-refractivity contribution in [3.8, 4) is 67.5 Å². The number of fused-ring (bicyclic) bond motifs is 4. The van der Waals surface area contributed by atoms with Crippen molar-refractivity contribution in [2.75, 3.05) is 0 Å². The zero-order valence-electron chi connectivity index (χ0n) is 28.6. The van der Waals surface area contributed by atoms with E-state index in [4.69, 9.17) is 15.0 Å². The molecule has 53 heavy (non-hydrogen) atoms. The van der Waals surface area contributed by atoms with Crippen molar-refractivity contribution in [2.24, 2.45) is 0 Å². The van der Waals surface area contributed by atoms with Crippen LogP contribution in [0.4, 0.5) is 0 Å². The molecule has 0 aliphatic rings. The highest BCUT2D eigenvalue weighted by Gasteiger charge is 2.17. The van der Waals surface area contributed by atoms with E-state index in [1.807, 2.05) is 17.4 Å². The molecular formula is C49H31N3S. The van der Waals surface area contributed by atoms with E-state index in [1.54, 1.807) is 0 Å². The van der Waals surface area contributed by atoms with E-state index < -0.39 is 0 Å². The Morgan fingerprint density at radius 3 is 1.53 bits per heavy atom. The van der Waals surface area contributed by atoms with Crippen molar-refractivity contribution in [1.82, 2.24) is 15.0 Å². The summed E-state index contributed by atoms with van der Waals surface area (Å²) in [6, 6.07) is 66.3. The van der Waals surface area contributed by atoms with E-state index in [2.05, 4.69) is 182 Å². The van der Waals surface area contributed by atoms with Gasteiger partial charge in [0.05, 0.1) is 0 Å². The fraction of sp³-hybridized carbons (Fsp3) is 0. The van der Waals surface area contributed by atoms with Crippen LogP contribution in [0.3, 0.4) is 0 Å². The van der Waals surface area contributed by atoms with Gasteiger partial charge in [-0.25, -0.2) is 15.0 Å². The number of hydrogen-bond donors (Lipinski definition) is 0. The van der Waals surface area contributed by atoms with Crippen LogP contribution in [0.5, 0.6) is 0 Å². The summed E-state index contributed by atoms with van der Waals surface area (Å²) in [5, 5.41) is 4.77.